The topological polar surface area (TPSA) is 87.2 Å². The van der Waals surface area contributed by atoms with Crippen LogP contribution in [0.1, 0.15) is 20.3 Å². The third kappa shape index (κ3) is 2.30. The van der Waals surface area contributed by atoms with Crippen LogP contribution in [0.15, 0.2) is 0 Å². The van der Waals surface area contributed by atoms with Gasteiger partial charge in [-0.1, -0.05) is 0 Å². The molecule has 1 saturated heterocycles. The predicted octanol–water partition coefficient (Wildman–Crippen LogP) is -0.103. The van der Waals surface area contributed by atoms with E-state index >= 15 is 0 Å². The van der Waals surface area contributed by atoms with Crippen LogP contribution < -0.4 is 5.73 Å². The van der Waals surface area contributed by atoms with Gasteiger partial charge in [0.25, 0.3) is 0 Å². The van der Waals surface area contributed by atoms with Gasteiger partial charge >= 0.3 is 0 Å². The third-order valence-corrected chi connectivity index (χ3v) is 5.05. The Morgan fingerprint density at radius 3 is 2.67 bits per heavy atom. The maximum atomic E-state index is 11.9. The maximum absolute atomic E-state index is 11.9. The average Bonchev–Trinajstić information content (AvgIpc) is 2.58. The highest BCUT2D eigenvalue weighted by Crippen LogP contribution is 2.26. The van der Waals surface area contributed by atoms with Crippen LogP contribution >= 0.6 is 0 Å². The van der Waals surface area contributed by atoms with Gasteiger partial charge in [0.05, 0.1) is 6.07 Å². The molecule has 1 aliphatic heterocycles. The van der Waals surface area contributed by atoms with Crippen LogP contribution in [0.3, 0.4) is 0 Å². The molecule has 0 aromatic carbocycles. The summed E-state index contributed by atoms with van der Waals surface area (Å²) in [6.07, 6.45) is 0.786. The second kappa shape index (κ2) is 4.47. The van der Waals surface area contributed by atoms with Crippen molar-refractivity contribution in [1.29, 1.82) is 5.26 Å². The Kier molecular flexibility index (Phi) is 3.71. The Morgan fingerprint density at radius 2 is 2.27 bits per heavy atom. The zero-order chi connectivity index (χ0) is 11.6. The summed E-state index contributed by atoms with van der Waals surface area (Å²) in [6, 6.07) is 1.73. The van der Waals surface area contributed by atoms with Crippen molar-refractivity contribution >= 4 is 10.0 Å². The van der Waals surface area contributed by atoms with E-state index in [1.807, 2.05) is 6.92 Å². The monoisotopic (exact) mass is 231 g/mol. The highest BCUT2D eigenvalue weighted by molar-refractivity contribution is 7.90. The van der Waals surface area contributed by atoms with Gasteiger partial charge in [0, 0.05) is 12.6 Å². The van der Waals surface area contributed by atoms with E-state index in [0.717, 1.165) is 6.42 Å². The van der Waals surface area contributed by atoms with Crippen molar-refractivity contribution < 1.29 is 8.42 Å². The van der Waals surface area contributed by atoms with E-state index in [1.54, 1.807) is 6.07 Å². The number of rotatable bonds is 3. The molecular weight excluding hydrogens is 214 g/mol. The quantitative estimate of drug-likeness (QED) is 0.734. The first-order valence-corrected chi connectivity index (χ1v) is 6.54. The molecule has 1 fully saturated rings. The lowest BCUT2D eigenvalue weighted by molar-refractivity contribution is 0.402. The van der Waals surface area contributed by atoms with Gasteiger partial charge in [0.15, 0.2) is 5.25 Å². The minimum atomic E-state index is -3.46. The molecule has 0 aromatic rings. The normalized spacial score (nSPS) is 30.0. The summed E-state index contributed by atoms with van der Waals surface area (Å²) in [5, 5.41) is 7.68. The highest BCUT2D eigenvalue weighted by atomic mass is 32.2. The zero-order valence-electron chi connectivity index (χ0n) is 9.05. The van der Waals surface area contributed by atoms with Crippen LogP contribution in [0.5, 0.6) is 0 Å². The number of nitriles is 1. The van der Waals surface area contributed by atoms with Gasteiger partial charge in [0.2, 0.25) is 10.0 Å². The van der Waals surface area contributed by atoms with E-state index < -0.39 is 15.3 Å². The Hall–Kier alpha value is -0.640. The number of sulfonamides is 1. The first-order chi connectivity index (χ1) is 6.93. The molecule has 3 atom stereocenters. The van der Waals surface area contributed by atoms with Crippen molar-refractivity contribution in [3.8, 4) is 6.07 Å². The van der Waals surface area contributed by atoms with Crippen LogP contribution in [-0.4, -0.2) is 37.1 Å². The number of hydrogen-bond acceptors (Lipinski definition) is 4. The molecule has 0 aliphatic carbocycles. The molecule has 1 rings (SSSR count). The molecule has 0 bridgehead atoms. The van der Waals surface area contributed by atoms with E-state index in [0.29, 0.717) is 13.1 Å². The summed E-state index contributed by atoms with van der Waals surface area (Å²) in [6.45, 7) is 4.22. The molecule has 1 aliphatic rings. The molecule has 3 unspecified atom stereocenters. The summed E-state index contributed by atoms with van der Waals surface area (Å²) in [7, 11) is -3.46. The summed E-state index contributed by atoms with van der Waals surface area (Å²) >= 11 is 0. The Morgan fingerprint density at radius 1 is 1.67 bits per heavy atom. The summed E-state index contributed by atoms with van der Waals surface area (Å²) in [5.41, 5.74) is 5.52. The van der Waals surface area contributed by atoms with Crippen molar-refractivity contribution in [3.05, 3.63) is 0 Å². The van der Waals surface area contributed by atoms with E-state index in [2.05, 4.69) is 0 Å². The molecule has 86 valence electrons. The number of hydrogen-bond donors (Lipinski definition) is 1. The van der Waals surface area contributed by atoms with Crippen molar-refractivity contribution in [1.82, 2.24) is 4.31 Å². The lowest BCUT2D eigenvalue weighted by Gasteiger charge is -2.22. The molecule has 0 aromatic heterocycles. The molecule has 5 nitrogen and oxygen atoms in total. The SMILES string of the molecule is CC1CC(CN)CN1S(=O)(=O)C(C)C#N. The summed E-state index contributed by atoms with van der Waals surface area (Å²) < 4.78 is 25.2. The fraction of sp³-hybridized carbons (Fsp3) is 0.889. The van der Waals surface area contributed by atoms with Crippen LogP contribution in [0.25, 0.3) is 0 Å². The van der Waals surface area contributed by atoms with Gasteiger partial charge in [-0.25, -0.2) is 8.42 Å². The molecule has 0 saturated carbocycles. The fourth-order valence-electron chi connectivity index (χ4n) is 1.90. The van der Waals surface area contributed by atoms with Crippen LogP contribution in [0.2, 0.25) is 0 Å². The van der Waals surface area contributed by atoms with Gasteiger partial charge in [0.1, 0.15) is 0 Å². The molecule has 0 amide bonds. The van der Waals surface area contributed by atoms with Crippen molar-refractivity contribution in [2.45, 2.75) is 31.6 Å². The Labute approximate surface area is 90.9 Å². The minimum Gasteiger partial charge on any atom is -0.330 e. The predicted molar refractivity (Wildman–Crippen MR) is 57.3 cm³/mol. The Balaban J connectivity index is 2.87. The average molecular weight is 231 g/mol. The summed E-state index contributed by atoms with van der Waals surface area (Å²) in [4.78, 5) is 0. The minimum absolute atomic E-state index is 0.0423. The second-order valence-corrected chi connectivity index (χ2v) is 6.28. The largest absolute Gasteiger partial charge is 0.330 e. The summed E-state index contributed by atoms with van der Waals surface area (Å²) in [5.74, 6) is 0.223. The molecular formula is C9H17N3O2S. The third-order valence-electron chi connectivity index (χ3n) is 2.89. The maximum Gasteiger partial charge on any atom is 0.230 e. The van der Waals surface area contributed by atoms with Gasteiger partial charge in [-0.2, -0.15) is 9.57 Å². The standard InChI is InChI=1S/C9H17N3O2S/c1-7-3-9(5-11)6-12(7)15(13,14)8(2)4-10/h7-9H,3,5-6,11H2,1-2H3. The number of nitrogens with two attached hydrogens (primary N) is 1. The van der Waals surface area contributed by atoms with Crippen LogP contribution in [0.4, 0.5) is 0 Å². The van der Waals surface area contributed by atoms with E-state index in [-0.39, 0.29) is 12.0 Å². The Bertz CT molecular complexity index is 360. The lowest BCUT2D eigenvalue weighted by atomic mass is 10.1. The molecule has 15 heavy (non-hydrogen) atoms. The molecule has 6 heteroatoms. The first-order valence-electron chi connectivity index (χ1n) is 5.03. The molecule has 1 heterocycles. The lowest BCUT2D eigenvalue weighted by Crippen LogP contribution is -2.39. The van der Waals surface area contributed by atoms with Gasteiger partial charge < -0.3 is 5.73 Å². The van der Waals surface area contributed by atoms with E-state index in [1.165, 1.54) is 11.2 Å². The van der Waals surface area contributed by atoms with Crippen molar-refractivity contribution in [2.75, 3.05) is 13.1 Å². The van der Waals surface area contributed by atoms with Gasteiger partial charge in [-0.05, 0) is 32.7 Å². The van der Waals surface area contributed by atoms with Crippen LogP contribution in [-0.2, 0) is 10.0 Å². The first kappa shape index (κ1) is 12.4. The molecule has 0 spiro atoms. The van der Waals surface area contributed by atoms with E-state index in [9.17, 15) is 8.42 Å². The van der Waals surface area contributed by atoms with Crippen LogP contribution in [0, 0.1) is 17.2 Å². The van der Waals surface area contributed by atoms with Crippen molar-refractivity contribution in [2.24, 2.45) is 11.7 Å². The van der Waals surface area contributed by atoms with E-state index in [4.69, 9.17) is 11.0 Å². The molecule has 2 N–H and O–H groups in total. The highest BCUT2D eigenvalue weighted by Gasteiger charge is 2.39. The van der Waals surface area contributed by atoms with Gasteiger partial charge in [-0.3, -0.25) is 0 Å². The second-order valence-electron chi connectivity index (χ2n) is 4.07. The molecule has 0 radical (unpaired) electrons. The fourth-order valence-corrected chi connectivity index (χ4v) is 3.45. The smallest absolute Gasteiger partial charge is 0.230 e. The van der Waals surface area contributed by atoms with Crippen molar-refractivity contribution in [3.63, 3.8) is 0 Å². The van der Waals surface area contributed by atoms with Gasteiger partial charge in [-0.15, -0.1) is 0 Å². The zero-order valence-corrected chi connectivity index (χ0v) is 9.87. The number of nitrogens with zero attached hydrogens (tertiary/aromatic N) is 2.